The standard InChI is InChI=1S/C33H42N2O3/c1-6-21-34-32(37)30(23-26-11-8-7-9-12-26)35(24-27-13-10-14-29(22-27)38-5)31(36)20-17-25-15-18-28(19-16-25)33(2,3)4/h7-16,18-19,22,30H,6,17,20-21,23-24H2,1-5H3,(H,34,37)/t30-/m1/s1. The number of carbonyl (C=O) groups excluding carboxylic acids is 2. The number of nitrogens with zero attached hydrogens (tertiary/aromatic N) is 1. The number of hydrogen-bond donors (Lipinski definition) is 1. The van der Waals surface area contributed by atoms with Gasteiger partial charge in [0.25, 0.3) is 0 Å². The third kappa shape index (κ3) is 8.47. The van der Waals surface area contributed by atoms with Gasteiger partial charge in [0, 0.05) is 25.9 Å². The van der Waals surface area contributed by atoms with E-state index in [0.717, 1.165) is 28.9 Å². The van der Waals surface area contributed by atoms with Gasteiger partial charge in [-0.15, -0.1) is 0 Å². The highest BCUT2D eigenvalue weighted by molar-refractivity contribution is 5.88. The molecule has 0 aliphatic carbocycles. The van der Waals surface area contributed by atoms with E-state index in [0.29, 0.717) is 32.4 Å². The van der Waals surface area contributed by atoms with E-state index in [9.17, 15) is 9.59 Å². The fourth-order valence-electron chi connectivity index (χ4n) is 4.45. The monoisotopic (exact) mass is 514 g/mol. The Labute approximate surface area is 228 Å². The van der Waals surface area contributed by atoms with Gasteiger partial charge in [0.15, 0.2) is 0 Å². The van der Waals surface area contributed by atoms with Gasteiger partial charge in [-0.3, -0.25) is 9.59 Å². The first-order chi connectivity index (χ1) is 18.2. The highest BCUT2D eigenvalue weighted by atomic mass is 16.5. The van der Waals surface area contributed by atoms with E-state index < -0.39 is 6.04 Å². The van der Waals surface area contributed by atoms with Gasteiger partial charge in [0.2, 0.25) is 11.8 Å². The topological polar surface area (TPSA) is 58.6 Å². The van der Waals surface area contributed by atoms with Gasteiger partial charge < -0.3 is 15.0 Å². The molecule has 0 radical (unpaired) electrons. The molecule has 0 aliphatic rings. The zero-order valence-electron chi connectivity index (χ0n) is 23.5. The molecule has 5 nitrogen and oxygen atoms in total. The molecule has 3 aromatic rings. The molecule has 3 rings (SSSR count). The molecule has 38 heavy (non-hydrogen) atoms. The van der Waals surface area contributed by atoms with Crippen molar-refractivity contribution in [3.05, 3.63) is 101 Å². The highest BCUT2D eigenvalue weighted by Crippen LogP contribution is 2.23. The molecule has 0 saturated heterocycles. The second-order valence-electron chi connectivity index (χ2n) is 10.8. The van der Waals surface area contributed by atoms with Crippen molar-refractivity contribution in [2.75, 3.05) is 13.7 Å². The van der Waals surface area contributed by atoms with Crippen LogP contribution in [0.1, 0.15) is 62.8 Å². The van der Waals surface area contributed by atoms with Crippen LogP contribution in [-0.4, -0.2) is 36.4 Å². The summed E-state index contributed by atoms with van der Waals surface area (Å²) in [4.78, 5) is 29.0. The summed E-state index contributed by atoms with van der Waals surface area (Å²) in [6.07, 6.45) is 2.22. The number of rotatable bonds is 12. The van der Waals surface area contributed by atoms with Crippen LogP contribution in [0.5, 0.6) is 5.75 Å². The van der Waals surface area contributed by atoms with Crippen LogP contribution >= 0.6 is 0 Å². The van der Waals surface area contributed by atoms with Crippen molar-refractivity contribution in [3.8, 4) is 5.75 Å². The molecule has 5 heteroatoms. The lowest BCUT2D eigenvalue weighted by molar-refractivity contribution is -0.141. The molecule has 0 aliphatic heterocycles. The fourth-order valence-corrected chi connectivity index (χ4v) is 4.45. The van der Waals surface area contributed by atoms with Crippen molar-refractivity contribution >= 4 is 11.8 Å². The Kier molecular flexibility index (Phi) is 10.5. The summed E-state index contributed by atoms with van der Waals surface area (Å²) in [7, 11) is 1.63. The minimum atomic E-state index is -0.620. The van der Waals surface area contributed by atoms with Crippen molar-refractivity contribution in [2.45, 2.75) is 71.4 Å². The minimum absolute atomic E-state index is 0.0414. The highest BCUT2D eigenvalue weighted by Gasteiger charge is 2.30. The summed E-state index contributed by atoms with van der Waals surface area (Å²) in [6.45, 7) is 9.51. The number of aryl methyl sites for hydroxylation is 1. The van der Waals surface area contributed by atoms with Gasteiger partial charge in [0.1, 0.15) is 11.8 Å². The Morgan fingerprint density at radius 1 is 0.895 bits per heavy atom. The third-order valence-electron chi connectivity index (χ3n) is 6.75. The molecule has 0 aromatic heterocycles. The molecule has 1 N–H and O–H groups in total. The van der Waals surface area contributed by atoms with Crippen LogP contribution in [0.4, 0.5) is 0 Å². The Morgan fingerprint density at radius 3 is 2.21 bits per heavy atom. The summed E-state index contributed by atoms with van der Waals surface area (Å²) >= 11 is 0. The van der Waals surface area contributed by atoms with Crippen LogP contribution in [0.25, 0.3) is 0 Å². The minimum Gasteiger partial charge on any atom is -0.497 e. The molecule has 202 valence electrons. The first-order valence-electron chi connectivity index (χ1n) is 13.5. The lowest BCUT2D eigenvalue weighted by Crippen LogP contribution is -2.50. The van der Waals surface area contributed by atoms with Crippen molar-refractivity contribution in [3.63, 3.8) is 0 Å². The number of amides is 2. The van der Waals surface area contributed by atoms with Gasteiger partial charge in [-0.2, -0.15) is 0 Å². The van der Waals surface area contributed by atoms with E-state index in [4.69, 9.17) is 4.74 Å². The summed E-state index contributed by atoms with van der Waals surface area (Å²) in [6, 6.07) is 25.5. The number of methoxy groups -OCH3 is 1. The second kappa shape index (κ2) is 13.8. The molecule has 0 unspecified atom stereocenters. The third-order valence-corrected chi connectivity index (χ3v) is 6.75. The van der Waals surface area contributed by atoms with Gasteiger partial charge in [-0.25, -0.2) is 0 Å². The van der Waals surface area contributed by atoms with E-state index >= 15 is 0 Å². The van der Waals surface area contributed by atoms with Crippen LogP contribution in [0.15, 0.2) is 78.9 Å². The van der Waals surface area contributed by atoms with Gasteiger partial charge in [0.05, 0.1) is 7.11 Å². The van der Waals surface area contributed by atoms with Crippen LogP contribution in [0.2, 0.25) is 0 Å². The van der Waals surface area contributed by atoms with Crippen LogP contribution in [-0.2, 0) is 34.4 Å². The average Bonchev–Trinajstić information content (AvgIpc) is 2.92. The normalized spacial score (nSPS) is 12.0. The first-order valence-corrected chi connectivity index (χ1v) is 13.5. The van der Waals surface area contributed by atoms with E-state index in [1.165, 1.54) is 5.56 Å². The summed E-state index contributed by atoms with van der Waals surface area (Å²) in [5.74, 6) is 0.561. The largest absolute Gasteiger partial charge is 0.497 e. The maximum Gasteiger partial charge on any atom is 0.243 e. The van der Waals surface area contributed by atoms with Crippen molar-refractivity contribution in [1.29, 1.82) is 0 Å². The summed E-state index contributed by atoms with van der Waals surface area (Å²) in [5, 5.41) is 3.03. The van der Waals surface area contributed by atoms with E-state index in [1.54, 1.807) is 12.0 Å². The number of carbonyl (C=O) groups is 2. The zero-order valence-corrected chi connectivity index (χ0v) is 23.5. The first kappa shape index (κ1) is 29.0. The lowest BCUT2D eigenvalue weighted by atomic mass is 9.86. The molecule has 0 heterocycles. The van der Waals surface area contributed by atoms with Crippen LogP contribution < -0.4 is 10.1 Å². The van der Waals surface area contributed by atoms with Crippen molar-refractivity contribution in [2.24, 2.45) is 0 Å². The molecule has 0 fully saturated rings. The molecule has 0 bridgehead atoms. The van der Waals surface area contributed by atoms with E-state index in [-0.39, 0.29) is 17.2 Å². The molecule has 2 amide bonds. The van der Waals surface area contributed by atoms with Crippen LogP contribution in [0.3, 0.4) is 0 Å². The molecule has 0 saturated carbocycles. The Morgan fingerprint density at radius 2 is 1.58 bits per heavy atom. The number of nitrogens with one attached hydrogen (secondary N) is 1. The SMILES string of the molecule is CCCNC(=O)[C@@H](Cc1ccccc1)N(Cc1cccc(OC)c1)C(=O)CCc1ccc(C(C)(C)C)cc1. The fraction of sp³-hybridized carbons (Fsp3) is 0.394. The molecular weight excluding hydrogens is 472 g/mol. The average molecular weight is 515 g/mol. The van der Waals surface area contributed by atoms with Crippen molar-refractivity contribution < 1.29 is 14.3 Å². The second-order valence-corrected chi connectivity index (χ2v) is 10.8. The number of hydrogen-bond acceptors (Lipinski definition) is 3. The van der Waals surface area contributed by atoms with Gasteiger partial charge in [-0.1, -0.05) is 94.4 Å². The molecular formula is C33H42N2O3. The summed E-state index contributed by atoms with van der Waals surface area (Å²) < 4.78 is 5.41. The quantitative estimate of drug-likeness (QED) is 0.318. The van der Waals surface area contributed by atoms with Crippen LogP contribution in [0, 0.1) is 0 Å². The number of benzene rings is 3. The molecule has 3 aromatic carbocycles. The smallest absolute Gasteiger partial charge is 0.243 e. The molecule has 0 spiro atoms. The Bertz CT molecular complexity index is 1170. The van der Waals surface area contributed by atoms with Gasteiger partial charge in [-0.05, 0) is 52.6 Å². The maximum absolute atomic E-state index is 13.8. The zero-order chi connectivity index (χ0) is 27.5. The summed E-state index contributed by atoms with van der Waals surface area (Å²) in [5.41, 5.74) is 4.41. The van der Waals surface area contributed by atoms with E-state index in [2.05, 4.69) is 50.4 Å². The van der Waals surface area contributed by atoms with Gasteiger partial charge >= 0.3 is 0 Å². The molecule has 1 atom stereocenters. The predicted molar refractivity (Wildman–Crippen MR) is 154 cm³/mol. The Hall–Kier alpha value is -3.60. The number of ether oxygens (including phenoxy) is 1. The van der Waals surface area contributed by atoms with E-state index in [1.807, 2.05) is 61.5 Å². The Balaban J connectivity index is 1.88. The lowest BCUT2D eigenvalue weighted by Gasteiger charge is -2.32. The van der Waals surface area contributed by atoms with Crippen molar-refractivity contribution in [1.82, 2.24) is 10.2 Å². The maximum atomic E-state index is 13.8. The predicted octanol–water partition coefficient (Wildman–Crippen LogP) is 6.09.